The van der Waals surface area contributed by atoms with Crippen LogP contribution in [-0.4, -0.2) is 26.3 Å². The average molecular weight is 232 g/mol. The summed E-state index contributed by atoms with van der Waals surface area (Å²) in [4.78, 5) is 2.24. The molecule has 0 bridgehead atoms. The van der Waals surface area contributed by atoms with Gasteiger partial charge in [0.05, 0.1) is 12.5 Å². The minimum atomic E-state index is 0.559. The van der Waals surface area contributed by atoms with E-state index < -0.39 is 0 Å². The van der Waals surface area contributed by atoms with Gasteiger partial charge in [0.15, 0.2) is 0 Å². The quantitative estimate of drug-likeness (QED) is 0.647. The fraction of sp³-hybridized carbons (Fsp3) is 0.500. The van der Waals surface area contributed by atoms with Crippen LogP contribution in [0.15, 0.2) is 30.3 Å². The Hall–Kier alpha value is -1.53. The summed E-state index contributed by atoms with van der Waals surface area (Å²) < 4.78 is 5.33. The third-order valence-corrected chi connectivity index (χ3v) is 2.54. The van der Waals surface area contributed by atoms with E-state index in [0.29, 0.717) is 6.42 Å². The minimum absolute atomic E-state index is 0.559. The second-order valence-corrected chi connectivity index (χ2v) is 3.78. The van der Waals surface area contributed by atoms with E-state index in [0.717, 1.165) is 32.7 Å². The van der Waals surface area contributed by atoms with Crippen molar-refractivity contribution in [3.05, 3.63) is 30.3 Å². The van der Waals surface area contributed by atoms with Crippen molar-refractivity contribution in [1.29, 1.82) is 5.26 Å². The number of para-hydroxylation sites is 1. The van der Waals surface area contributed by atoms with Crippen molar-refractivity contribution < 1.29 is 4.74 Å². The molecule has 0 unspecified atom stereocenters. The molecule has 0 aliphatic heterocycles. The molecule has 1 aromatic rings. The lowest BCUT2D eigenvalue weighted by Gasteiger charge is -2.23. The Morgan fingerprint density at radius 1 is 1.24 bits per heavy atom. The number of ether oxygens (including phenoxy) is 1. The van der Waals surface area contributed by atoms with Crippen LogP contribution in [0.25, 0.3) is 0 Å². The molecule has 3 heteroatoms. The molecule has 0 fully saturated rings. The monoisotopic (exact) mass is 232 g/mol. The molecule has 0 aliphatic rings. The van der Waals surface area contributed by atoms with Gasteiger partial charge in [-0.2, -0.15) is 5.26 Å². The van der Waals surface area contributed by atoms with Gasteiger partial charge in [-0.25, -0.2) is 0 Å². The number of hydrogen-bond donors (Lipinski definition) is 0. The standard InChI is InChI=1S/C14H20N2O/c1-2-17-13-7-12-16(11-6-10-15)14-8-4-3-5-9-14/h3-5,8-9H,2,6-7,11-13H2,1H3. The third kappa shape index (κ3) is 5.37. The molecule has 0 N–H and O–H groups in total. The van der Waals surface area contributed by atoms with Crippen LogP contribution in [0, 0.1) is 11.3 Å². The number of nitriles is 1. The number of hydrogen-bond acceptors (Lipinski definition) is 3. The van der Waals surface area contributed by atoms with E-state index in [2.05, 4.69) is 23.1 Å². The molecule has 0 saturated heterocycles. The first-order chi connectivity index (χ1) is 8.38. The Kier molecular flexibility index (Phi) is 6.85. The largest absolute Gasteiger partial charge is 0.382 e. The summed E-state index contributed by atoms with van der Waals surface area (Å²) in [5.74, 6) is 0. The molecule has 3 nitrogen and oxygen atoms in total. The fourth-order valence-electron chi connectivity index (χ4n) is 1.70. The van der Waals surface area contributed by atoms with Crippen LogP contribution in [0.2, 0.25) is 0 Å². The van der Waals surface area contributed by atoms with Crippen LogP contribution < -0.4 is 4.90 Å². The molecule has 17 heavy (non-hydrogen) atoms. The maximum Gasteiger partial charge on any atom is 0.0640 e. The van der Waals surface area contributed by atoms with Gasteiger partial charge in [-0.05, 0) is 25.5 Å². The van der Waals surface area contributed by atoms with E-state index in [9.17, 15) is 0 Å². The normalized spacial score (nSPS) is 9.88. The summed E-state index contributed by atoms with van der Waals surface area (Å²) in [6, 6.07) is 12.4. The summed E-state index contributed by atoms with van der Waals surface area (Å²) in [6.45, 7) is 5.28. The summed E-state index contributed by atoms with van der Waals surface area (Å²) >= 11 is 0. The third-order valence-electron chi connectivity index (χ3n) is 2.54. The fourth-order valence-corrected chi connectivity index (χ4v) is 1.70. The van der Waals surface area contributed by atoms with Crippen LogP contribution in [0.4, 0.5) is 5.69 Å². The lowest BCUT2D eigenvalue weighted by Crippen LogP contribution is -2.26. The summed E-state index contributed by atoms with van der Waals surface area (Å²) in [7, 11) is 0. The van der Waals surface area contributed by atoms with E-state index in [1.54, 1.807) is 0 Å². The first-order valence-electron chi connectivity index (χ1n) is 6.13. The average Bonchev–Trinajstić information content (AvgIpc) is 2.39. The predicted molar refractivity (Wildman–Crippen MR) is 70.0 cm³/mol. The maximum atomic E-state index is 8.67. The van der Waals surface area contributed by atoms with Gasteiger partial charge >= 0.3 is 0 Å². The molecule has 0 radical (unpaired) electrons. The first-order valence-corrected chi connectivity index (χ1v) is 6.13. The minimum Gasteiger partial charge on any atom is -0.382 e. The number of nitrogens with zero attached hydrogens (tertiary/aromatic N) is 2. The highest BCUT2D eigenvalue weighted by Gasteiger charge is 2.04. The zero-order chi connectivity index (χ0) is 12.3. The van der Waals surface area contributed by atoms with E-state index in [1.165, 1.54) is 5.69 Å². The van der Waals surface area contributed by atoms with Gasteiger partial charge in [0.1, 0.15) is 0 Å². The first kappa shape index (κ1) is 13.5. The van der Waals surface area contributed by atoms with Crippen LogP contribution in [-0.2, 0) is 4.74 Å². The lowest BCUT2D eigenvalue weighted by atomic mass is 10.2. The highest BCUT2D eigenvalue weighted by atomic mass is 16.5. The van der Waals surface area contributed by atoms with E-state index in [-0.39, 0.29) is 0 Å². The highest BCUT2D eigenvalue weighted by molar-refractivity contribution is 5.45. The van der Waals surface area contributed by atoms with Gasteiger partial charge in [0, 0.05) is 32.0 Å². The van der Waals surface area contributed by atoms with Crippen molar-refractivity contribution in [2.24, 2.45) is 0 Å². The van der Waals surface area contributed by atoms with Gasteiger partial charge in [-0.3, -0.25) is 0 Å². The lowest BCUT2D eigenvalue weighted by molar-refractivity contribution is 0.146. The molecule has 0 atom stereocenters. The second-order valence-electron chi connectivity index (χ2n) is 3.78. The Balaban J connectivity index is 2.46. The van der Waals surface area contributed by atoms with Crippen molar-refractivity contribution in [2.75, 3.05) is 31.2 Å². The van der Waals surface area contributed by atoms with Crippen molar-refractivity contribution in [3.8, 4) is 6.07 Å². The van der Waals surface area contributed by atoms with Crippen LogP contribution in [0.1, 0.15) is 19.8 Å². The SMILES string of the molecule is CCOCCCN(CCC#N)c1ccccc1. The Morgan fingerprint density at radius 3 is 2.65 bits per heavy atom. The predicted octanol–water partition coefficient (Wildman–Crippen LogP) is 2.83. The topological polar surface area (TPSA) is 36.3 Å². The zero-order valence-corrected chi connectivity index (χ0v) is 10.4. The van der Waals surface area contributed by atoms with E-state index >= 15 is 0 Å². The van der Waals surface area contributed by atoms with Crippen LogP contribution >= 0.6 is 0 Å². The molecule has 0 aliphatic carbocycles. The van der Waals surface area contributed by atoms with Gasteiger partial charge in [-0.15, -0.1) is 0 Å². The highest BCUT2D eigenvalue weighted by Crippen LogP contribution is 2.13. The van der Waals surface area contributed by atoms with Crippen LogP contribution in [0.3, 0.4) is 0 Å². The molecule has 1 aromatic carbocycles. The molecule has 0 amide bonds. The van der Waals surface area contributed by atoms with Crippen molar-refractivity contribution in [2.45, 2.75) is 19.8 Å². The smallest absolute Gasteiger partial charge is 0.0640 e. The molecule has 0 saturated carbocycles. The molecular formula is C14H20N2O. The van der Waals surface area contributed by atoms with Crippen molar-refractivity contribution in [1.82, 2.24) is 0 Å². The van der Waals surface area contributed by atoms with Gasteiger partial charge < -0.3 is 9.64 Å². The molecular weight excluding hydrogens is 212 g/mol. The van der Waals surface area contributed by atoms with Gasteiger partial charge in [0.2, 0.25) is 0 Å². The summed E-state index contributed by atoms with van der Waals surface area (Å²) in [5.41, 5.74) is 1.18. The molecule has 1 rings (SSSR count). The molecule has 0 heterocycles. The molecule has 0 spiro atoms. The summed E-state index contributed by atoms with van der Waals surface area (Å²) in [6.07, 6.45) is 1.55. The number of rotatable bonds is 8. The Bertz CT molecular complexity index is 332. The summed E-state index contributed by atoms with van der Waals surface area (Å²) in [5, 5.41) is 8.67. The van der Waals surface area contributed by atoms with Crippen molar-refractivity contribution in [3.63, 3.8) is 0 Å². The zero-order valence-electron chi connectivity index (χ0n) is 10.4. The van der Waals surface area contributed by atoms with Crippen molar-refractivity contribution >= 4 is 5.69 Å². The second kappa shape index (κ2) is 8.60. The van der Waals surface area contributed by atoms with E-state index in [1.807, 2.05) is 25.1 Å². The van der Waals surface area contributed by atoms with Gasteiger partial charge in [0.25, 0.3) is 0 Å². The Labute approximate surface area is 104 Å². The molecule has 92 valence electrons. The van der Waals surface area contributed by atoms with E-state index in [4.69, 9.17) is 10.00 Å². The maximum absolute atomic E-state index is 8.67. The number of benzene rings is 1. The Morgan fingerprint density at radius 2 is 2.00 bits per heavy atom. The molecule has 0 aromatic heterocycles. The van der Waals surface area contributed by atoms with Crippen LogP contribution in [0.5, 0.6) is 0 Å². The van der Waals surface area contributed by atoms with Gasteiger partial charge in [-0.1, -0.05) is 18.2 Å². The number of anilines is 1.